The van der Waals surface area contributed by atoms with Gasteiger partial charge in [-0.1, -0.05) is 19.1 Å². The lowest BCUT2D eigenvalue weighted by Gasteiger charge is -2.27. The molecule has 0 saturated carbocycles. The average molecular weight is 449 g/mol. The Hall–Kier alpha value is -3.15. The van der Waals surface area contributed by atoms with Gasteiger partial charge in [0.05, 0.1) is 26.9 Å². The fourth-order valence-electron chi connectivity index (χ4n) is 2.74. The van der Waals surface area contributed by atoms with Crippen molar-refractivity contribution < 1.29 is 51.7 Å². The fraction of sp³-hybridized carbons (Fsp3) is 0.474. The highest BCUT2D eigenvalue weighted by molar-refractivity contribution is 5.96. The van der Waals surface area contributed by atoms with Gasteiger partial charge in [-0.3, -0.25) is 14.4 Å². The van der Waals surface area contributed by atoms with Crippen molar-refractivity contribution in [3.05, 3.63) is 35.4 Å². The maximum atomic E-state index is 12.7. The highest BCUT2D eigenvalue weighted by atomic mass is 19.4. The van der Waals surface area contributed by atoms with Crippen LogP contribution < -0.4 is 5.32 Å². The Kier molecular flexibility index (Phi) is 8.98. The number of alkyl halides is 3. The van der Waals surface area contributed by atoms with Crippen molar-refractivity contribution >= 4 is 23.8 Å². The minimum atomic E-state index is -4.60. The van der Waals surface area contributed by atoms with Crippen LogP contribution in [0.25, 0.3) is 0 Å². The Morgan fingerprint density at radius 3 is 1.74 bits per heavy atom. The van der Waals surface area contributed by atoms with Gasteiger partial charge in [-0.25, -0.2) is 4.79 Å². The van der Waals surface area contributed by atoms with Crippen LogP contribution in [-0.2, 0) is 39.6 Å². The summed E-state index contributed by atoms with van der Waals surface area (Å²) in [6.07, 6.45) is -6.55. The Balaban J connectivity index is 3.13. The van der Waals surface area contributed by atoms with Crippen molar-refractivity contribution in [1.29, 1.82) is 0 Å². The molecule has 0 aliphatic carbocycles. The van der Waals surface area contributed by atoms with Crippen molar-refractivity contribution in [2.24, 2.45) is 11.8 Å². The standard InChI is InChI=1S/C19H22F3NO8/c1-9(12(16(26)29-2)17(27)30-3)13(18(28)31-4)23-15(25)14(24)10-5-7-11(8-6-10)19(20,21)22/h5-9,12-14,24H,1-4H3,(H,23,25)/t9-,13-,14-/m1/s1. The van der Waals surface area contributed by atoms with Crippen molar-refractivity contribution in [1.82, 2.24) is 5.32 Å². The molecule has 9 nitrogen and oxygen atoms in total. The van der Waals surface area contributed by atoms with Gasteiger partial charge >= 0.3 is 24.1 Å². The normalized spacial score (nSPS) is 14.2. The Morgan fingerprint density at radius 1 is 0.903 bits per heavy atom. The lowest BCUT2D eigenvalue weighted by atomic mass is 9.87. The predicted octanol–water partition coefficient (Wildman–Crippen LogP) is 0.995. The number of halogens is 3. The number of rotatable bonds is 8. The number of carbonyl (C=O) groups is 4. The number of nitrogens with one attached hydrogen (secondary N) is 1. The lowest BCUT2D eigenvalue weighted by molar-refractivity contribution is -0.164. The van der Waals surface area contributed by atoms with Gasteiger partial charge in [0.2, 0.25) is 0 Å². The van der Waals surface area contributed by atoms with Gasteiger partial charge in [0, 0.05) is 5.92 Å². The van der Waals surface area contributed by atoms with Crippen LogP contribution >= 0.6 is 0 Å². The van der Waals surface area contributed by atoms with E-state index in [9.17, 15) is 37.5 Å². The number of esters is 3. The summed E-state index contributed by atoms with van der Waals surface area (Å²) in [5.41, 5.74) is -1.16. The highest BCUT2D eigenvalue weighted by Gasteiger charge is 2.43. The van der Waals surface area contributed by atoms with E-state index in [4.69, 9.17) is 0 Å². The molecule has 0 radical (unpaired) electrons. The molecule has 0 fully saturated rings. The first kappa shape index (κ1) is 25.9. The van der Waals surface area contributed by atoms with Crippen LogP contribution in [-0.4, -0.2) is 56.3 Å². The van der Waals surface area contributed by atoms with Crippen molar-refractivity contribution in [3.63, 3.8) is 0 Å². The van der Waals surface area contributed by atoms with Crippen molar-refractivity contribution in [2.75, 3.05) is 21.3 Å². The SMILES string of the molecule is COC(=O)C(C(=O)OC)[C@@H](C)[C@@H](NC(=O)[C@H](O)c1ccc(C(F)(F)F)cc1)C(=O)OC. The molecule has 1 aromatic carbocycles. The van der Waals surface area contributed by atoms with E-state index in [2.05, 4.69) is 19.5 Å². The number of ether oxygens (including phenoxy) is 3. The number of aliphatic hydroxyl groups is 1. The maximum Gasteiger partial charge on any atom is 0.416 e. The van der Waals surface area contributed by atoms with E-state index in [-0.39, 0.29) is 5.56 Å². The van der Waals surface area contributed by atoms with Gasteiger partial charge in [-0.05, 0) is 17.7 Å². The van der Waals surface area contributed by atoms with Crippen LogP contribution in [0.3, 0.4) is 0 Å². The van der Waals surface area contributed by atoms with Gasteiger partial charge in [-0.15, -0.1) is 0 Å². The van der Waals surface area contributed by atoms with E-state index in [1.807, 2.05) is 0 Å². The third-order valence-corrected chi connectivity index (χ3v) is 4.52. The molecule has 0 spiro atoms. The molecule has 0 aliphatic heterocycles. The molecule has 0 heterocycles. The van der Waals surface area contributed by atoms with E-state index >= 15 is 0 Å². The highest BCUT2D eigenvalue weighted by Crippen LogP contribution is 2.30. The number of hydrogen-bond donors (Lipinski definition) is 2. The number of aliphatic hydroxyl groups excluding tert-OH is 1. The second-order valence-electron chi connectivity index (χ2n) is 6.41. The topological polar surface area (TPSA) is 128 Å². The lowest BCUT2D eigenvalue weighted by Crippen LogP contribution is -2.52. The molecule has 172 valence electrons. The number of amides is 1. The van der Waals surface area contributed by atoms with Crippen LogP contribution in [0, 0.1) is 11.8 Å². The Morgan fingerprint density at radius 2 is 1.35 bits per heavy atom. The molecule has 1 rings (SSSR count). The van der Waals surface area contributed by atoms with E-state index in [0.29, 0.717) is 12.1 Å². The first-order valence-electron chi connectivity index (χ1n) is 8.78. The van der Waals surface area contributed by atoms with Gasteiger partial charge < -0.3 is 24.6 Å². The number of methoxy groups -OCH3 is 3. The smallest absolute Gasteiger partial charge is 0.416 e. The van der Waals surface area contributed by atoms with Crippen LogP contribution in [0.1, 0.15) is 24.2 Å². The largest absolute Gasteiger partial charge is 0.468 e. The molecule has 0 aliphatic rings. The van der Waals surface area contributed by atoms with Gasteiger partial charge in [0.1, 0.15) is 6.04 Å². The quantitative estimate of drug-likeness (QED) is 0.342. The Bertz CT molecular complexity index is 793. The second-order valence-corrected chi connectivity index (χ2v) is 6.41. The molecule has 0 aromatic heterocycles. The molecule has 31 heavy (non-hydrogen) atoms. The van der Waals surface area contributed by atoms with Gasteiger partial charge in [0.15, 0.2) is 12.0 Å². The fourth-order valence-corrected chi connectivity index (χ4v) is 2.74. The van der Waals surface area contributed by atoms with E-state index in [1.54, 1.807) is 0 Å². The number of hydrogen-bond acceptors (Lipinski definition) is 8. The summed E-state index contributed by atoms with van der Waals surface area (Å²) in [7, 11) is 3.00. The molecule has 2 N–H and O–H groups in total. The number of carbonyl (C=O) groups excluding carboxylic acids is 4. The van der Waals surface area contributed by atoms with Crippen molar-refractivity contribution in [2.45, 2.75) is 25.2 Å². The minimum Gasteiger partial charge on any atom is -0.468 e. The van der Waals surface area contributed by atoms with Gasteiger partial charge in [-0.2, -0.15) is 13.2 Å². The van der Waals surface area contributed by atoms with Gasteiger partial charge in [0.25, 0.3) is 5.91 Å². The van der Waals surface area contributed by atoms with E-state index in [0.717, 1.165) is 33.5 Å². The van der Waals surface area contributed by atoms with Crippen molar-refractivity contribution in [3.8, 4) is 0 Å². The van der Waals surface area contributed by atoms with Crippen LogP contribution in [0.2, 0.25) is 0 Å². The van der Waals surface area contributed by atoms with Crippen LogP contribution in [0.4, 0.5) is 13.2 Å². The summed E-state index contributed by atoms with van der Waals surface area (Å²) in [6, 6.07) is 1.56. The first-order valence-corrected chi connectivity index (χ1v) is 8.78. The Labute approximate surface area is 175 Å². The van der Waals surface area contributed by atoms with E-state index < -0.39 is 59.5 Å². The molecule has 0 saturated heterocycles. The first-order chi connectivity index (χ1) is 14.4. The summed E-state index contributed by atoms with van der Waals surface area (Å²) in [6.45, 7) is 1.27. The summed E-state index contributed by atoms with van der Waals surface area (Å²) in [5, 5.41) is 12.3. The zero-order chi connectivity index (χ0) is 23.9. The average Bonchev–Trinajstić information content (AvgIpc) is 2.75. The summed E-state index contributed by atoms with van der Waals surface area (Å²) in [4.78, 5) is 48.6. The molecule has 0 bridgehead atoms. The van der Waals surface area contributed by atoms with E-state index in [1.165, 1.54) is 6.92 Å². The molecule has 1 amide bonds. The monoisotopic (exact) mass is 449 g/mol. The zero-order valence-electron chi connectivity index (χ0n) is 17.1. The second kappa shape index (κ2) is 10.8. The third-order valence-electron chi connectivity index (χ3n) is 4.52. The maximum absolute atomic E-state index is 12.7. The summed E-state index contributed by atoms with van der Waals surface area (Å²) >= 11 is 0. The molecular weight excluding hydrogens is 427 g/mol. The molecular formula is C19H22F3NO8. The molecule has 0 unspecified atom stereocenters. The third kappa shape index (κ3) is 6.41. The molecule has 3 atom stereocenters. The predicted molar refractivity (Wildman–Crippen MR) is 97.0 cm³/mol. The van der Waals surface area contributed by atoms with Crippen LogP contribution in [0.5, 0.6) is 0 Å². The molecule has 12 heteroatoms. The minimum absolute atomic E-state index is 0.181. The zero-order valence-corrected chi connectivity index (χ0v) is 17.1. The molecule has 1 aromatic rings. The number of benzene rings is 1. The van der Waals surface area contributed by atoms with Crippen LogP contribution in [0.15, 0.2) is 24.3 Å². The summed E-state index contributed by atoms with van der Waals surface area (Å²) in [5.74, 6) is -7.12. The summed E-state index contributed by atoms with van der Waals surface area (Å²) < 4.78 is 51.6.